The molecule has 6 nitrogen and oxygen atoms in total. The third-order valence-corrected chi connectivity index (χ3v) is 2.97. The first-order chi connectivity index (χ1) is 9.31. The lowest BCUT2D eigenvalue weighted by molar-refractivity contribution is 0.0657. The number of hydrogen-bond acceptors (Lipinski definition) is 5. The summed E-state index contributed by atoms with van der Waals surface area (Å²) in [5.41, 5.74) is 2.84. The smallest absolute Gasteiger partial charge is 0.110 e. The lowest BCUT2D eigenvalue weighted by atomic mass is 10.1. The normalized spacial score (nSPS) is 12.8. The van der Waals surface area contributed by atoms with Crippen LogP contribution in [0.2, 0.25) is 0 Å². The highest BCUT2D eigenvalue weighted by Crippen LogP contribution is 2.05. The summed E-state index contributed by atoms with van der Waals surface area (Å²) in [6.07, 6.45) is 6.63. The Labute approximate surface area is 115 Å². The molecule has 19 heavy (non-hydrogen) atoms. The van der Waals surface area contributed by atoms with Gasteiger partial charge in [-0.3, -0.25) is 11.3 Å². The Hall–Kier alpha value is -0.950. The molecule has 1 rings (SSSR count). The highest BCUT2D eigenvalue weighted by atomic mass is 16.5. The van der Waals surface area contributed by atoms with Crippen LogP contribution in [0.15, 0.2) is 12.4 Å². The van der Waals surface area contributed by atoms with Crippen LogP contribution in [-0.4, -0.2) is 42.5 Å². The van der Waals surface area contributed by atoms with E-state index in [0.717, 1.165) is 31.6 Å². The number of ether oxygens (including phenoxy) is 2. The molecule has 1 heterocycles. The van der Waals surface area contributed by atoms with Crippen molar-refractivity contribution in [3.8, 4) is 0 Å². The van der Waals surface area contributed by atoms with Gasteiger partial charge >= 0.3 is 0 Å². The van der Waals surface area contributed by atoms with Gasteiger partial charge in [0.2, 0.25) is 0 Å². The summed E-state index contributed by atoms with van der Waals surface area (Å²) in [7, 11) is 1.67. The van der Waals surface area contributed by atoms with Crippen molar-refractivity contribution in [3.63, 3.8) is 0 Å². The second-order valence-corrected chi connectivity index (χ2v) is 4.50. The second kappa shape index (κ2) is 9.91. The van der Waals surface area contributed by atoms with Crippen molar-refractivity contribution in [1.82, 2.24) is 15.0 Å². The Morgan fingerprint density at radius 1 is 1.42 bits per heavy atom. The van der Waals surface area contributed by atoms with Crippen LogP contribution in [0.5, 0.6) is 0 Å². The van der Waals surface area contributed by atoms with Crippen LogP contribution in [0.3, 0.4) is 0 Å². The van der Waals surface area contributed by atoms with Crippen molar-refractivity contribution < 1.29 is 9.47 Å². The van der Waals surface area contributed by atoms with E-state index in [1.807, 2.05) is 12.4 Å². The summed E-state index contributed by atoms with van der Waals surface area (Å²) in [5.74, 6) is 6.66. The first-order valence-electron chi connectivity index (χ1n) is 6.84. The van der Waals surface area contributed by atoms with Gasteiger partial charge in [0, 0.05) is 45.1 Å². The zero-order chi connectivity index (χ0) is 13.9. The van der Waals surface area contributed by atoms with Gasteiger partial charge in [-0.15, -0.1) is 0 Å². The van der Waals surface area contributed by atoms with Crippen molar-refractivity contribution in [3.05, 3.63) is 18.2 Å². The summed E-state index contributed by atoms with van der Waals surface area (Å²) in [6, 6.07) is 0.181. The van der Waals surface area contributed by atoms with E-state index in [0.29, 0.717) is 19.8 Å². The molecule has 0 fully saturated rings. The molecule has 1 aromatic rings. The largest absolute Gasteiger partial charge is 0.382 e. The van der Waals surface area contributed by atoms with Crippen LogP contribution in [-0.2, 0) is 22.4 Å². The molecule has 0 aromatic carbocycles. The van der Waals surface area contributed by atoms with Crippen LogP contribution in [0.4, 0.5) is 0 Å². The molecule has 0 spiro atoms. The summed E-state index contributed by atoms with van der Waals surface area (Å²) < 4.78 is 12.6. The Bertz CT molecular complexity index is 330. The molecule has 6 heteroatoms. The fraction of sp³-hybridized carbons (Fsp3) is 0.769. The van der Waals surface area contributed by atoms with Gasteiger partial charge in [0.05, 0.1) is 13.2 Å². The molecule has 0 bridgehead atoms. The van der Waals surface area contributed by atoms with Crippen molar-refractivity contribution in [2.45, 2.75) is 38.8 Å². The summed E-state index contributed by atoms with van der Waals surface area (Å²) >= 11 is 0. The van der Waals surface area contributed by atoms with E-state index in [2.05, 4.69) is 21.9 Å². The molecule has 0 aliphatic rings. The van der Waals surface area contributed by atoms with Gasteiger partial charge in [0.1, 0.15) is 5.82 Å². The van der Waals surface area contributed by atoms with E-state index < -0.39 is 0 Å². The minimum absolute atomic E-state index is 0.181. The Kier molecular flexibility index (Phi) is 8.40. The van der Waals surface area contributed by atoms with Gasteiger partial charge in [-0.2, -0.15) is 0 Å². The number of nitrogens with two attached hydrogens (primary N) is 1. The molecule has 3 N–H and O–H groups in total. The molecule has 0 saturated heterocycles. The monoisotopic (exact) mass is 270 g/mol. The van der Waals surface area contributed by atoms with E-state index in [4.69, 9.17) is 15.3 Å². The second-order valence-electron chi connectivity index (χ2n) is 4.50. The third-order valence-electron chi connectivity index (χ3n) is 2.97. The Balaban J connectivity index is 2.32. The number of hydrogen-bond donors (Lipinski definition) is 2. The van der Waals surface area contributed by atoms with Crippen LogP contribution < -0.4 is 11.3 Å². The highest BCUT2D eigenvalue weighted by Gasteiger charge is 2.11. The van der Waals surface area contributed by atoms with E-state index in [-0.39, 0.29) is 6.04 Å². The number of nitrogens with one attached hydrogen (secondary N) is 1. The fourth-order valence-corrected chi connectivity index (χ4v) is 1.91. The topological polar surface area (TPSA) is 74.3 Å². The van der Waals surface area contributed by atoms with Crippen molar-refractivity contribution in [2.24, 2.45) is 5.84 Å². The van der Waals surface area contributed by atoms with Crippen LogP contribution >= 0.6 is 0 Å². The molecule has 1 unspecified atom stereocenters. The number of imidazole rings is 1. The lowest BCUT2D eigenvalue weighted by Gasteiger charge is -2.16. The molecule has 0 aliphatic carbocycles. The van der Waals surface area contributed by atoms with Gasteiger partial charge in [-0.25, -0.2) is 4.98 Å². The maximum absolute atomic E-state index is 5.59. The maximum atomic E-state index is 5.59. The third kappa shape index (κ3) is 6.15. The summed E-state index contributed by atoms with van der Waals surface area (Å²) in [6.45, 7) is 5.08. The zero-order valence-corrected chi connectivity index (χ0v) is 12.0. The van der Waals surface area contributed by atoms with E-state index >= 15 is 0 Å². The zero-order valence-electron chi connectivity index (χ0n) is 12.0. The van der Waals surface area contributed by atoms with Crippen LogP contribution in [0.1, 0.15) is 25.6 Å². The average Bonchev–Trinajstić information content (AvgIpc) is 2.85. The number of methoxy groups -OCH3 is 1. The maximum Gasteiger partial charge on any atom is 0.110 e. The molecular formula is C13H26N4O2. The number of aromatic nitrogens is 2. The van der Waals surface area contributed by atoms with Gasteiger partial charge < -0.3 is 14.0 Å². The van der Waals surface area contributed by atoms with E-state index in [1.54, 1.807) is 7.11 Å². The highest BCUT2D eigenvalue weighted by molar-refractivity contribution is 4.95. The number of nitrogens with zero attached hydrogens (tertiary/aromatic N) is 2. The number of aryl methyl sites for hydroxylation is 1. The van der Waals surface area contributed by atoms with Crippen LogP contribution in [0, 0.1) is 0 Å². The molecule has 0 amide bonds. The molecule has 0 radical (unpaired) electrons. The molecule has 0 aliphatic heterocycles. The summed E-state index contributed by atoms with van der Waals surface area (Å²) in [4.78, 5) is 4.39. The molecule has 0 saturated carbocycles. The molecule has 1 aromatic heterocycles. The molecular weight excluding hydrogens is 244 g/mol. The van der Waals surface area contributed by atoms with Gasteiger partial charge in [0.15, 0.2) is 0 Å². The minimum atomic E-state index is 0.181. The van der Waals surface area contributed by atoms with Crippen molar-refractivity contribution in [1.29, 1.82) is 0 Å². The average molecular weight is 270 g/mol. The van der Waals surface area contributed by atoms with Crippen LogP contribution in [0.25, 0.3) is 0 Å². The van der Waals surface area contributed by atoms with E-state index in [1.165, 1.54) is 0 Å². The SMILES string of the molecule is CCCn1ccnc1CC(CCOCCOC)NN. The minimum Gasteiger partial charge on any atom is -0.382 e. The van der Waals surface area contributed by atoms with Crippen molar-refractivity contribution >= 4 is 0 Å². The number of rotatable bonds is 11. The van der Waals surface area contributed by atoms with Gasteiger partial charge in [0.25, 0.3) is 0 Å². The predicted molar refractivity (Wildman–Crippen MR) is 74.6 cm³/mol. The van der Waals surface area contributed by atoms with Crippen molar-refractivity contribution in [2.75, 3.05) is 26.9 Å². The first kappa shape index (κ1) is 16.1. The van der Waals surface area contributed by atoms with Gasteiger partial charge in [-0.1, -0.05) is 6.92 Å². The molecule has 1 atom stereocenters. The quantitative estimate of drug-likeness (QED) is 0.352. The summed E-state index contributed by atoms with van der Waals surface area (Å²) in [5, 5.41) is 0. The first-order valence-corrected chi connectivity index (χ1v) is 6.84. The van der Waals surface area contributed by atoms with E-state index in [9.17, 15) is 0 Å². The Morgan fingerprint density at radius 2 is 2.26 bits per heavy atom. The van der Waals surface area contributed by atoms with Gasteiger partial charge in [-0.05, 0) is 12.8 Å². The fourth-order valence-electron chi connectivity index (χ4n) is 1.91. The predicted octanol–water partition coefficient (Wildman–Crippen LogP) is 0.721. The number of hydrazine groups is 1. The standard InChI is InChI=1S/C13H26N4O2/c1-3-6-17-7-5-15-13(17)11-12(16-14)4-8-19-10-9-18-2/h5,7,12,16H,3-4,6,8-11,14H2,1-2H3. The Morgan fingerprint density at radius 3 is 2.95 bits per heavy atom. The lowest BCUT2D eigenvalue weighted by Crippen LogP contribution is -2.38. The molecule has 110 valence electrons.